The largest absolute Gasteiger partial charge is 0.365 e. The molecule has 2 N–H and O–H groups in total. The van der Waals surface area contributed by atoms with E-state index in [1.165, 1.54) is 17.5 Å². The number of pyridine rings is 1. The molecule has 0 aliphatic carbocycles. The van der Waals surface area contributed by atoms with Crippen molar-refractivity contribution in [2.24, 2.45) is 12.8 Å². The zero-order valence-electron chi connectivity index (χ0n) is 8.40. The minimum atomic E-state index is -0.677. The fraction of sp³-hybridized carbons (Fsp3) is 0.200. The molecular weight excluding hydrogens is 212 g/mol. The number of thiophene rings is 1. The maximum Gasteiger partial charge on any atom is 0.254 e. The molecule has 0 aliphatic heterocycles. The standard InChI is InChI=1S/C10H10N2O2S/c1-5-4-15-9-7(5)12(2)3-6(8(9)13)10(11)14/h3-4H,1-2H3,(H2,11,14). The number of nitrogens with zero attached hydrogens (tertiary/aromatic N) is 1. The molecule has 2 aromatic heterocycles. The summed E-state index contributed by atoms with van der Waals surface area (Å²) < 4.78 is 2.36. The number of hydrogen-bond donors (Lipinski definition) is 1. The molecule has 5 heteroatoms. The van der Waals surface area contributed by atoms with Gasteiger partial charge in [0.1, 0.15) is 5.56 Å². The van der Waals surface area contributed by atoms with Crippen molar-refractivity contribution in [3.63, 3.8) is 0 Å². The second-order valence-electron chi connectivity index (χ2n) is 3.44. The Morgan fingerprint density at radius 2 is 2.20 bits per heavy atom. The van der Waals surface area contributed by atoms with E-state index < -0.39 is 5.91 Å². The molecule has 2 heterocycles. The Bertz CT molecular complexity index is 610. The van der Waals surface area contributed by atoms with Crippen LogP contribution in [-0.4, -0.2) is 10.5 Å². The number of carbonyl (C=O) groups excluding carboxylic acids is 1. The molecule has 0 bridgehead atoms. The van der Waals surface area contributed by atoms with E-state index in [4.69, 9.17) is 5.73 Å². The number of primary amides is 1. The smallest absolute Gasteiger partial charge is 0.254 e. The summed E-state index contributed by atoms with van der Waals surface area (Å²) in [6.07, 6.45) is 1.49. The zero-order chi connectivity index (χ0) is 11.2. The third-order valence-corrected chi connectivity index (χ3v) is 3.42. The van der Waals surface area contributed by atoms with E-state index in [1.807, 2.05) is 12.3 Å². The first-order chi connectivity index (χ1) is 7.02. The molecule has 2 aromatic rings. The Labute approximate surface area is 89.9 Å². The molecule has 1 amide bonds. The lowest BCUT2D eigenvalue weighted by atomic mass is 10.2. The summed E-state index contributed by atoms with van der Waals surface area (Å²) in [6, 6.07) is 0. The highest BCUT2D eigenvalue weighted by molar-refractivity contribution is 7.17. The molecule has 0 atom stereocenters. The minimum Gasteiger partial charge on any atom is -0.365 e. The van der Waals surface area contributed by atoms with E-state index in [0.29, 0.717) is 4.70 Å². The van der Waals surface area contributed by atoms with Crippen LogP contribution in [0.2, 0.25) is 0 Å². The van der Waals surface area contributed by atoms with Crippen molar-refractivity contribution in [2.75, 3.05) is 0 Å². The molecular formula is C10H10N2O2S. The van der Waals surface area contributed by atoms with Crippen molar-refractivity contribution >= 4 is 27.5 Å². The lowest BCUT2D eigenvalue weighted by molar-refractivity contribution is 0.0999. The maximum atomic E-state index is 11.8. The van der Waals surface area contributed by atoms with Gasteiger partial charge in [0.05, 0.1) is 10.2 Å². The summed E-state index contributed by atoms with van der Waals surface area (Å²) in [5.41, 5.74) is 6.82. The van der Waals surface area contributed by atoms with Gasteiger partial charge in [-0.2, -0.15) is 0 Å². The number of aromatic nitrogens is 1. The molecule has 0 unspecified atom stereocenters. The van der Waals surface area contributed by atoms with Gasteiger partial charge in [-0.25, -0.2) is 0 Å². The van der Waals surface area contributed by atoms with Crippen molar-refractivity contribution in [1.29, 1.82) is 0 Å². The van der Waals surface area contributed by atoms with Gasteiger partial charge in [0, 0.05) is 13.2 Å². The number of aryl methyl sites for hydroxylation is 2. The van der Waals surface area contributed by atoms with Gasteiger partial charge in [-0.3, -0.25) is 9.59 Å². The maximum absolute atomic E-state index is 11.8. The average Bonchev–Trinajstić information content (AvgIpc) is 2.54. The van der Waals surface area contributed by atoms with Crippen molar-refractivity contribution in [1.82, 2.24) is 4.57 Å². The van der Waals surface area contributed by atoms with E-state index in [9.17, 15) is 9.59 Å². The first-order valence-corrected chi connectivity index (χ1v) is 5.27. The van der Waals surface area contributed by atoms with Crippen LogP contribution in [-0.2, 0) is 7.05 Å². The molecule has 15 heavy (non-hydrogen) atoms. The fourth-order valence-corrected chi connectivity index (χ4v) is 2.69. The number of carbonyl (C=O) groups is 1. The SMILES string of the molecule is Cc1csc2c(=O)c(C(N)=O)cn(C)c12. The second-order valence-corrected chi connectivity index (χ2v) is 4.32. The van der Waals surface area contributed by atoms with Crippen LogP contribution >= 0.6 is 11.3 Å². The average molecular weight is 222 g/mol. The normalized spacial score (nSPS) is 10.8. The van der Waals surface area contributed by atoms with Crippen molar-refractivity contribution in [3.8, 4) is 0 Å². The van der Waals surface area contributed by atoms with Crippen LogP contribution in [0.25, 0.3) is 10.2 Å². The van der Waals surface area contributed by atoms with E-state index >= 15 is 0 Å². The molecule has 0 spiro atoms. The molecule has 0 aromatic carbocycles. The summed E-state index contributed by atoms with van der Waals surface area (Å²) in [4.78, 5) is 22.9. The Balaban J connectivity index is 2.99. The highest BCUT2D eigenvalue weighted by Gasteiger charge is 2.14. The summed E-state index contributed by atoms with van der Waals surface area (Å²) >= 11 is 1.35. The number of fused-ring (bicyclic) bond motifs is 1. The van der Waals surface area contributed by atoms with Crippen molar-refractivity contribution in [3.05, 3.63) is 32.9 Å². The van der Waals surface area contributed by atoms with Gasteiger partial charge in [0.2, 0.25) is 5.43 Å². The first kappa shape index (κ1) is 9.92. The molecule has 0 saturated heterocycles. The number of nitrogens with two attached hydrogens (primary N) is 1. The molecule has 2 rings (SSSR count). The van der Waals surface area contributed by atoms with Gasteiger partial charge in [-0.1, -0.05) is 0 Å². The lowest BCUT2D eigenvalue weighted by Gasteiger charge is -2.04. The lowest BCUT2D eigenvalue weighted by Crippen LogP contribution is -2.23. The Hall–Kier alpha value is -1.62. The van der Waals surface area contributed by atoms with Gasteiger partial charge < -0.3 is 10.3 Å². The summed E-state index contributed by atoms with van der Waals surface area (Å²) in [7, 11) is 1.80. The van der Waals surface area contributed by atoms with Crippen LogP contribution < -0.4 is 11.2 Å². The zero-order valence-corrected chi connectivity index (χ0v) is 9.22. The molecule has 78 valence electrons. The molecule has 0 saturated carbocycles. The van der Waals surface area contributed by atoms with Crippen LogP contribution in [0.15, 0.2) is 16.4 Å². The van der Waals surface area contributed by atoms with E-state index in [2.05, 4.69) is 0 Å². The van der Waals surface area contributed by atoms with E-state index in [-0.39, 0.29) is 11.0 Å². The summed E-state index contributed by atoms with van der Waals surface area (Å²) in [6.45, 7) is 1.93. The third kappa shape index (κ3) is 1.35. The van der Waals surface area contributed by atoms with Gasteiger partial charge in [-0.05, 0) is 17.9 Å². The quantitative estimate of drug-likeness (QED) is 0.782. The highest BCUT2D eigenvalue weighted by atomic mass is 32.1. The van der Waals surface area contributed by atoms with Crippen LogP contribution in [0.5, 0.6) is 0 Å². The van der Waals surface area contributed by atoms with Gasteiger partial charge >= 0.3 is 0 Å². The molecule has 0 radical (unpaired) electrons. The van der Waals surface area contributed by atoms with Gasteiger partial charge in [-0.15, -0.1) is 11.3 Å². The molecule has 0 fully saturated rings. The van der Waals surface area contributed by atoms with Crippen LogP contribution in [0, 0.1) is 6.92 Å². The Morgan fingerprint density at radius 1 is 1.53 bits per heavy atom. The summed E-state index contributed by atoms with van der Waals surface area (Å²) in [5.74, 6) is -0.677. The van der Waals surface area contributed by atoms with Crippen LogP contribution in [0.3, 0.4) is 0 Å². The molecule has 4 nitrogen and oxygen atoms in total. The van der Waals surface area contributed by atoms with E-state index in [0.717, 1.165) is 11.1 Å². The van der Waals surface area contributed by atoms with E-state index in [1.54, 1.807) is 11.6 Å². The number of hydrogen-bond acceptors (Lipinski definition) is 3. The molecule has 0 aliphatic rings. The van der Waals surface area contributed by atoms with Crippen molar-refractivity contribution in [2.45, 2.75) is 6.92 Å². The second kappa shape index (κ2) is 3.20. The third-order valence-electron chi connectivity index (χ3n) is 2.33. The minimum absolute atomic E-state index is 0.0480. The van der Waals surface area contributed by atoms with Gasteiger partial charge in [0.25, 0.3) is 5.91 Å². The van der Waals surface area contributed by atoms with Crippen molar-refractivity contribution < 1.29 is 4.79 Å². The predicted octanol–water partition coefficient (Wildman–Crippen LogP) is 1.01. The first-order valence-electron chi connectivity index (χ1n) is 4.39. The monoisotopic (exact) mass is 222 g/mol. The predicted molar refractivity (Wildman–Crippen MR) is 60.3 cm³/mol. The van der Waals surface area contributed by atoms with Crippen LogP contribution in [0.4, 0.5) is 0 Å². The van der Waals surface area contributed by atoms with Crippen LogP contribution in [0.1, 0.15) is 15.9 Å². The fourth-order valence-electron chi connectivity index (χ4n) is 1.65. The number of amides is 1. The van der Waals surface area contributed by atoms with Gasteiger partial charge in [0.15, 0.2) is 0 Å². The Morgan fingerprint density at radius 3 is 2.80 bits per heavy atom. The summed E-state index contributed by atoms with van der Waals surface area (Å²) in [5, 5.41) is 1.90. The topological polar surface area (TPSA) is 65.1 Å². The highest BCUT2D eigenvalue weighted by Crippen LogP contribution is 2.22. The number of rotatable bonds is 1. The Kier molecular flexibility index (Phi) is 2.12.